The number of halogens is 1. The number of morpholine rings is 1. The number of amides is 3. The van der Waals surface area contributed by atoms with Crippen molar-refractivity contribution in [2.45, 2.75) is 19.1 Å². The summed E-state index contributed by atoms with van der Waals surface area (Å²) >= 11 is 0. The quantitative estimate of drug-likeness (QED) is 0.863. The normalized spacial score (nSPS) is 20.8. The Hall–Kier alpha value is -1.99. The number of nitrogens with two attached hydrogens (primary N) is 1. The first-order chi connectivity index (χ1) is 9.97. The molecule has 1 heterocycles. The van der Waals surface area contributed by atoms with Crippen LogP contribution in [0.2, 0.25) is 0 Å². The molecule has 3 N–H and O–H groups in total. The maximum Gasteiger partial charge on any atom is 0.318 e. The van der Waals surface area contributed by atoms with Crippen molar-refractivity contribution in [1.82, 2.24) is 10.2 Å². The minimum atomic E-state index is -0.866. The van der Waals surface area contributed by atoms with Gasteiger partial charge in [-0.3, -0.25) is 15.0 Å². The summed E-state index contributed by atoms with van der Waals surface area (Å²) in [6, 6.07) is 4.72. The zero-order valence-corrected chi connectivity index (χ0v) is 11.7. The minimum Gasteiger partial charge on any atom is -0.371 e. The number of nitrogens with zero attached hydrogens (tertiary/aromatic N) is 1. The Balaban J connectivity index is 2.01. The van der Waals surface area contributed by atoms with Crippen LogP contribution in [0.25, 0.3) is 0 Å². The highest BCUT2D eigenvalue weighted by molar-refractivity contribution is 5.96. The molecule has 0 bridgehead atoms. The highest BCUT2D eigenvalue weighted by Gasteiger charge is 2.29. The largest absolute Gasteiger partial charge is 0.371 e. The maximum atomic E-state index is 12.9. The lowest BCUT2D eigenvalue weighted by atomic mass is 10.1. The zero-order chi connectivity index (χ0) is 15.4. The van der Waals surface area contributed by atoms with E-state index in [9.17, 15) is 14.0 Å². The monoisotopic (exact) mass is 295 g/mol. The van der Waals surface area contributed by atoms with Crippen molar-refractivity contribution in [3.8, 4) is 0 Å². The first kappa shape index (κ1) is 15.4. The van der Waals surface area contributed by atoms with Crippen LogP contribution in [-0.4, -0.2) is 42.6 Å². The van der Waals surface area contributed by atoms with Gasteiger partial charge in [0.2, 0.25) is 5.91 Å². The molecule has 0 radical (unpaired) electrons. The predicted octanol–water partition coefficient (Wildman–Crippen LogP) is 0.782. The van der Waals surface area contributed by atoms with E-state index in [1.165, 1.54) is 12.1 Å². The zero-order valence-electron chi connectivity index (χ0n) is 11.7. The van der Waals surface area contributed by atoms with Crippen molar-refractivity contribution in [3.63, 3.8) is 0 Å². The molecule has 0 saturated carbocycles. The van der Waals surface area contributed by atoms with E-state index in [1.54, 1.807) is 19.1 Å². The highest BCUT2D eigenvalue weighted by atomic mass is 19.1. The smallest absolute Gasteiger partial charge is 0.318 e. The fraction of sp³-hybridized carbons (Fsp3) is 0.429. The van der Waals surface area contributed by atoms with Crippen molar-refractivity contribution in [2.75, 3.05) is 19.7 Å². The molecule has 114 valence electrons. The Kier molecular flexibility index (Phi) is 4.87. The van der Waals surface area contributed by atoms with Gasteiger partial charge >= 0.3 is 6.03 Å². The fourth-order valence-corrected chi connectivity index (χ4v) is 2.29. The number of primary amides is 1. The summed E-state index contributed by atoms with van der Waals surface area (Å²) < 4.78 is 18.6. The average Bonchev–Trinajstić information content (AvgIpc) is 2.46. The number of urea groups is 1. The molecule has 1 fully saturated rings. The number of hydrogen-bond donors (Lipinski definition) is 2. The second-order valence-electron chi connectivity index (χ2n) is 4.94. The summed E-state index contributed by atoms with van der Waals surface area (Å²) in [6.07, 6.45) is -0.233. The van der Waals surface area contributed by atoms with E-state index < -0.39 is 18.0 Å². The summed E-state index contributed by atoms with van der Waals surface area (Å²) in [4.78, 5) is 24.4. The van der Waals surface area contributed by atoms with Gasteiger partial charge < -0.3 is 10.5 Å². The van der Waals surface area contributed by atoms with Crippen LogP contribution in [0.15, 0.2) is 24.3 Å². The molecule has 0 unspecified atom stereocenters. The summed E-state index contributed by atoms with van der Waals surface area (Å²) in [6.45, 7) is 3.21. The molecule has 0 spiro atoms. The number of ether oxygens (including phenoxy) is 1. The van der Waals surface area contributed by atoms with Crippen molar-refractivity contribution in [1.29, 1.82) is 0 Å². The molecule has 1 aromatic carbocycles. The average molecular weight is 295 g/mol. The second kappa shape index (κ2) is 6.64. The highest BCUT2D eigenvalue weighted by Crippen LogP contribution is 2.23. The molecule has 1 aliphatic rings. The van der Waals surface area contributed by atoms with Crippen molar-refractivity contribution in [2.24, 2.45) is 5.73 Å². The number of benzene rings is 1. The number of nitrogens with one attached hydrogen (secondary N) is 1. The lowest BCUT2D eigenvalue weighted by Crippen LogP contribution is -2.52. The predicted molar refractivity (Wildman–Crippen MR) is 73.9 cm³/mol. The van der Waals surface area contributed by atoms with Crippen LogP contribution < -0.4 is 11.1 Å². The van der Waals surface area contributed by atoms with Crippen LogP contribution in [0.5, 0.6) is 0 Å². The molecule has 21 heavy (non-hydrogen) atoms. The van der Waals surface area contributed by atoms with Crippen LogP contribution >= 0.6 is 0 Å². The van der Waals surface area contributed by atoms with E-state index in [0.29, 0.717) is 19.7 Å². The van der Waals surface area contributed by atoms with Crippen LogP contribution in [0, 0.1) is 5.82 Å². The molecule has 0 aliphatic carbocycles. The van der Waals surface area contributed by atoms with E-state index in [0.717, 1.165) is 5.56 Å². The molecule has 1 saturated heterocycles. The molecular formula is C14H18FN3O3. The number of carbonyl (C=O) groups excluding carboxylic acids is 2. The van der Waals surface area contributed by atoms with E-state index in [4.69, 9.17) is 10.5 Å². The first-order valence-electron chi connectivity index (χ1n) is 6.69. The van der Waals surface area contributed by atoms with Crippen molar-refractivity contribution < 1.29 is 18.7 Å². The van der Waals surface area contributed by atoms with Crippen LogP contribution in [0.4, 0.5) is 9.18 Å². The first-order valence-corrected chi connectivity index (χ1v) is 6.69. The van der Waals surface area contributed by atoms with Gasteiger partial charge in [0.05, 0.1) is 18.8 Å². The Labute approximate surface area is 122 Å². The lowest BCUT2D eigenvalue weighted by Gasteiger charge is -2.36. The van der Waals surface area contributed by atoms with Gasteiger partial charge in [-0.2, -0.15) is 0 Å². The molecule has 3 amide bonds. The second-order valence-corrected chi connectivity index (χ2v) is 4.94. The van der Waals surface area contributed by atoms with Gasteiger partial charge in [0.25, 0.3) is 0 Å². The topological polar surface area (TPSA) is 84.7 Å². The standard InChI is InChI=1S/C14H18FN3O3/c1-9(13(19)17-14(16)20)18-6-7-21-12(8-18)10-2-4-11(15)5-3-10/h2-5,9,12H,6-8H2,1H3,(H3,16,17,19,20)/t9-,12-/m0/s1. The molecule has 7 heteroatoms. The van der Waals surface area contributed by atoms with Crippen molar-refractivity contribution >= 4 is 11.9 Å². The van der Waals surface area contributed by atoms with E-state index in [1.807, 2.05) is 4.90 Å². The van der Waals surface area contributed by atoms with Gasteiger partial charge in [-0.25, -0.2) is 9.18 Å². The van der Waals surface area contributed by atoms with Gasteiger partial charge in [-0.05, 0) is 24.6 Å². The molecule has 2 rings (SSSR count). The van der Waals surface area contributed by atoms with Gasteiger partial charge in [-0.15, -0.1) is 0 Å². The van der Waals surface area contributed by atoms with Gasteiger partial charge in [0.15, 0.2) is 0 Å². The molecular weight excluding hydrogens is 277 g/mol. The lowest BCUT2D eigenvalue weighted by molar-refractivity contribution is -0.128. The van der Waals surface area contributed by atoms with Crippen LogP contribution in [0.3, 0.4) is 0 Å². The Morgan fingerprint density at radius 1 is 1.43 bits per heavy atom. The third kappa shape index (κ3) is 3.99. The number of hydrogen-bond acceptors (Lipinski definition) is 4. The van der Waals surface area contributed by atoms with Gasteiger partial charge in [-0.1, -0.05) is 12.1 Å². The number of rotatable bonds is 3. The Bertz CT molecular complexity index is 521. The Morgan fingerprint density at radius 3 is 2.71 bits per heavy atom. The molecule has 6 nitrogen and oxygen atoms in total. The molecule has 1 aliphatic heterocycles. The summed E-state index contributed by atoms with van der Waals surface area (Å²) in [7, 11) is 0. The third-order valence-corrected chi connectivity index (χ3v) is 3.51. The summed E-state index contributed by atoms with van der Waals surface area (Å²) in [5.41, 5.74) is 5.79. The third-order valence-electron chi connectivity index (χ3n) is 3.51. The van der Waals surface area contributed by atoms with Crippen molar-refractivity contribution in [3.05, 3.63) is 35.6 Å². The molecule has 0 aromatic heterocycles. The number of imide groups is 1. The Morgan fingerprint density at radius 2 is 2.10 bits per heavy atom. The molecule has 1 aromatic rings. The van der Waals surface area contributed by atoms with E-state index in [-0.39, 0.29) is 11.9 Å². The van der Waals surface area contributed by atoms with E-state index >= 15 is 0 Å². The van der Waals surface area contributed by atoms with Gasteiger partial charge in [0, 0.05) is 13.1 Å². The van der Waals surface area contributed by atoms with E-state index in [2.05, 4.69) is 5.32 Å². The molecule has 2 atom stereocenters. The summed E-state index contributed by atoms with van der Waals surface area (Å²) in [5.74, 6) is -0.747. The number of carbonyl (C=O) groups is 2. The van der Waals surface area contributed by atoms with Crippen LogP contribution in [0.1, 0.15) is 18.6 Å². The summed E-state index contributed by atoms with van der Waals surface area (Å²) in [5, 5.41) is 2.07. The SMILES string of the molecule is C[C@@H](C(=O)NC(N)=O)N1CCO[C@H](c2ccc(F)cc2)C1. The minimum absolute atomic E-state index is 0.233. The fourth-order valence-electron chi connectivity index (χ4n) is 2.29. The van der Waals surface area contributed by atoms with Crippen LogP contribution in [-0.2, 0) is 9.53 Å². The van der Waals surface area contributed by atoms with Gasteiger partial charge in [0.1, 0.15) is 5.82 Å². The maximum absolute atomic E-state index is 12.9.